The molecule has 0 spiro atoms. The molecular formula is C22H34N6O. The minimum absolute atomic E-state index is 0.171. The van der Waals surface area contributed by atoms with Crippen molar-refractivity contribution in [3.05, 3.63) is 30.1 Å². The van der Waals surface area contributed by atoms with Crippen LogP contribution in [0.3, 0.4) is 0 Å². The highest BCUT2D eigenvalue weighted by Crippen LogP contribution is 2.27. The van der Waals surface area contributed by atoms with Gasteiger partial charge in [0.15, 0.2) is 5.96 Å². The van der Waals surface area contributed by atoms with Crippen molar-refractivity contribution in [2.75, 3.05) is 26.7 Å². The van der Waals surface area contributed by atoms with E-state index in [2.05, 4.69) is 55.6 Å². The average Bonchev–Trinajstić information content (AvgIpc) is 3.34. The van der Waals surface area contributed by atoms with Crippen LogP contribution in [0.2, 0.25) is 0 Å². The van der Waals surface area contributed by atoms with Crippen LogP contribution in [-0.4, -0.2) is 48.1 Å². The molecule has 1 aliphatic carbocycles. The number of carbonyl (C=O) groups excluding carboxylic acids is 1. The molecule has 0 atom stereocenters. The van der Waals surface area contributed by atoms with Crippen molar-refractivity contribution >= 4 is 22.9 Å². The predicted molar refractivity (Wildman–Crippen MR) is 118 cm³/mol. The van der Waals surface area contributed by atoms with Crippen LogP contribution in [-0.2, 0) is 11.3 Å². The molecule has 1 heterocycles. The molecule has 1 aliphatic rings. The second-order valence-electron chi connectivity index (χ2n) is 7.78. The first-order chi connectivity index (χ1) is 14.2. The number of aromatic nitrogens is 2. The first-order valence-corrected chi connectivity index (χ1v) is 10.8. The Hall–Kier alpha value is -2.57. The maximum atomic E-state index is 12.0. The van der Waals surface area contributed by atoms with Crippen molar-refractivity contribution in [3.8, 4) is 0 Å². The minimum Gasteiger partial charge on any atom is -0.356 e. The highest BCUT2D eigenvalue weighted by Gasteiger charge is 2.17. The van der Waals surface area contributed by atoms with E-state index >= 15 is 0 Å². The molecule has 2 aromatic rings. The Morgan fingerprint density at radius 1 is 1.14 bits per heavy atom. The van der Waals surface area contributed by atoms with Crippen molar-refractivity contribution in [2.45, 2.75) is 52.0 Å². The van der Waals surface area contributed by atoms with Gasteiger partial charge in [-0.25, -0.2) is 4.98 Å². The quantitative estimate of drug-likeness (QED) is 0.344. The minimum atomic E-state index is 0.171. The van der Waals surface area contributed by atoms with E-state index in [1.807, 2.05) is 6.07 Å². The summed E-state index contributed by atoms with van der Waals surface area (Å²) in [5, 5.41) is 9.60. The number of hydrogen-bond donors (Lipinski definition) is 3. The van der Waals surface area contributed by atoms with Crippen LogP contribution in [0.5, 0.6) is 0 Å². The zero-order valence-corrected chi connectivity index (χ0v) is 17.7. The number of guanidine groups is 1. The zero-order valence-electron chi connectivity index (χ0n) is 17.7. The summed E-state index contributed by atoms with van der Waals surface area (Å²) < 4.78 is 2.26. The van der Waals surface area contributed by atoms with E-state index in [1.54, 1.807) is 7.05 Å². The van der Waals surface area contributed by atoms with Crippen LogP contribution in [0.25, 0.3) is 11.0 Å². The molecule has 7 nitrogen and oxygen atoms in total. The van der Waals surface area contributed by atoms with E-state index in [-0.39, 0.29) is 5.91 Å². The Labute approximate surface area is 173 Å². The summed E-state index contributed by atoms with van der Waals surface area (Å²) in [5.74, 6) is 2.57. The van der Waals surface area contributed by atoms with Crippen LogP contribution in [0.1, 0.15) is 44.3 Å². The standard InChI is InChI=1S/C22H34N6O/c1-17-27-19-10-5-6-11-20(19)28(17)15-7-12-25-22(23-2)26-14-13-24-21(29)16-18-8-3-4-9-18/h5-6,10-11,18H,3-4,7-9,12-16H2,1-2H3,(H,24,29)(H2,23,25,26). The largest absolute Gasteiger partial charge is 0.356 e. The second kappa shape index (κ2) is 10.8. The number of nitrogens with one attached hydrogen (secondary N) is 3. The molecule has 1 saturated carbocycles. The number of aliphatic imine (C=N–C) groups is 1. The van der Waals surface area contributed by atoms with Gasteiger partial charge in [0.25, 0.3) is 0 Å². The van der Waals surface area contributed by atoms with Gasteiger partial charge in [-0.1, -0.05) is 25.0 Å². The Morgan fingerprint density at radius 2 is 1.86 bits per heavy atom. The summed E-state index contributed by atoms with van der Waals surface area (Å²) in [6.45, 7) is 5.07. The highest BCUT2D eigenvalue weighted by atomic mass is 16.1. The molecule has 29 heavy (non-hydrogen) atoms. The van der Waals surface area contributed by atoms with Gasteiger partial charge in [-0.15, -0.1) is 0 Å². The van der Waals surface area contributed by atoms with Gasteiger partial charge in [-0.2, -0.15) is 0 Å². The molecule has 3 rings (SSSR count). The number of para-hydroxylation sites is 2. The number of carbonyl (C=O) groups is 1. The van der Waals surface area contributed by atoms with Crippen LogP contribution < -0.4 is 16.0 Å². The third kappa shape index (κ3) is 6.21. The fraction of sp³-hybridized carbons (Fsp3) is 0.591. The van der Waals surface area contributed by atoms with Gasteiger partial charge in [-0.05, 0) is 44.2 Å². The number of benzene rings is 1. The molecule has 0 saturated heterocycles. The summed E-state index contributed by atoms with van der Waals surface area (Å²) in [7, 11) is 1.77. The molecule has 7 heteroatoms. The lowest BCUT2D eigenvalue weighted by molar-refractivity contribution is -0.121. The van der Waals surface area contributed by atoms with Crippen molar-refractivity contribution < 1.29 is 4.79 Å². The van der Waals surface area contributed by atoms with Crippen LogP contribution in [0.4, 0.5) is 0 Å². The number of nitrogens with zero attached hydrogens (tertiary/aromatic N) is 3. The summed E-state index contributed by atoms with van der Waals surface area (Å²) in [6, 6.07) is 8.24. The SMILES string of the molecule is CN=C(NCCCn1c(C)nc2ccccc21)NCCNC(=O)CC1CCCC1. The van der Waals surface area contributed by atoms with Crippen molar-refractivity contribution in [2.24, 2.45) is 10.9 Å². The number of amides is 1. The third-order valence-corrected chi connectivity index (χ3v) is 5.61. The van der Waals surface area contributed by atoms with Crippen molar-refractivity contribution in [1.29, 1.82) is 0 Å². The second-order valence-corrected chi connectivity index (χ2v) is 7.78. The van der Waals surface area contributed by atoms with E-state index in [4.69, 9.17) is 0 Å². The molecule has 1 amide bonds. The van der Waals surface area contributed by atoms with Crippen LogP contribution in [0, 0.1) is 12.8 Å². The molecule has 1 aromatic heterocycles. The van der Waals surface area contributed by atoms with E-state index in [0.717, 1.165) is 36.8 Å². The summed E-state index contributed by atoms with van der Waals surface area (Å²) >= 11 is 0. The first-order valence-electron chi connectivity index (χ1n) is 10.8. The highest BCUT2D eigenvalue weighted by molar-refractivity contribution is 5.80. The fourth-order valence-electron chi connectivity index (χ4n) is 4.07. The molecule has 158 valence electrons. The van der Waals surface area contributed by atoms with E-state index in [0.29, 0.717) is 25.4 Å². The van der Waals surface area contributed by atoms with Gasteiger partial charge in [0.05, 0.1) is 11.0 Å². The number of fused-ring (bicyclic) bond motifs is 1. The Kier molecular flexibility index (Phi) is 7.90. The Balaban J connectivity index is 1.31. The first kappa shape index (κ1) is 21.1. The fourth-order valence-corrected chi connectivity index (χ4v) is 4.07. The monoisotopic (exact) mass is 398 g/mol. The van der Waals surface area contributed by atoms with Crippen molar-refractivity contribution in [1.82, 2.24) is 25.5 Å². The molecule has 0 bridgehead atoms. The molecular weight excluding hydrogens is 364 g/mol. The third-order valence-electron chi connectivity index (χ3n) is 5.61. The lowest BCUT2D eigenvalue weighted by Gasteiger charge is -2.14. The van der Waals surface area contributed by atoms with Gasteiger partial charge < -0.3 is 20.5 Å². The van der Waals surface area contributed by atoms with Gasteiger partial charge in [-0.3, -0.25) is 9.79 Å². The number of hydrogen-bond acceptors (Lipinski definition) is 3. The van der Waals surface area contributed by atoms with Gasteiger partial charge in [0.1, 0.15) is 5.82 Å². The molecule has 1 fully saturated rings. The summed E-state index contributed by atoms with van der Waals surface area (Å²) in [4.78, 5) is 20.8. The number of imidazole rings is 1. The van der Waals surface area contributed by atoms with E-state index < -0.39 is 0 Å². The average molecular weight is 399 g/mol. The van der Waals surface area contributed by atoms with Crippen LogP contribution >= 0.6 is 0 Å². The summed E-state index contributed by atoms with van der Waals surface area (Å²) in [5.41, 5.74) is 2.23. The van der Waals surface area contributed by atoms with Crippen LogP contribution in [0.15, 0.2) is 29.3 Å². The smallest absolute Gasteiger partial charge is 0.220 e. The lowest BCUT2D eigenvalue weighted by Crippen LogP contribution is -2.42. The van der Waals surface area contributed by atoms with Gasteiger partial charge in [0, 0.05) is 39.6 Å². The maximum absolute atomic E-state index is 12.0. The molecule has 1 aromatic carbocycles. The molecule has 0 radical (unpaired) electrons. The normalized spacial score (nSPS) is 15.0. The van der Waals surface area contributed by atoms with E-state index in [1.165, 1.54) is 31.2 Å². The lowest BCUT2D eigenvalue weighted by atomic mass is 10.0. The topological polar surface area (TPSA) is 83.3 Å². The Morgan fingerprint density at radius 3 is 2.66 bits per heavy atom. The van der Waals surface area contributed by atoms with Gasteiger partial charge in [0.2, 0.25) is 5.91 Å². The summed E-state index contributed by atoms with van der Waals surface area (Å²) in [6.07, 6.45) is 6.61. The van der Waals surface area contributed by atoms with Gasteiger partial charge >= 0.3 is 0 Å². The number of aryl methyl sites for hydroxylation is 2. The molecule has 0 unspecified atom stereocenters. The predicted octanol–water partition coefficient (Wildman–Crippen LogP) is 2.60. The van der Waals surface area contributed by atoms with Crippen molar-refractivity contribution in [3.63, 3.8) is 0 Å². The zero-order chi connectivity index (χ0) is 20.5. The Bertz CT molecular complexity index is 822. The maximum Gasteiger partial charge on any atom is 0.220 e. The molecule has 3 N–H and O–H groups in total. The number of rotatable bonds is 9. The van der Waals surface area contributed by atoms with E-state index in [9.17, 15) is 4.79 Å². The molecule has 0 aliphatic heterocycles.